The van der Waals surface area contributed by atoms with Crippen molar-refractivity contribution >= 4 is 14.5 Å². The summed E-state index contributed by atoms with van der Waals surface area (Å²) in [6, 6.07) is -0.935. The second-order valence-corrected chi connectivity index (χ2v) is 12.7. The predicted octanol–water partition coefficient (Wildman–Crippen LogP) is 6.89. The lowest BCUT2D eigenvalue weighted by Gasteiger charge is -2.18. The van der Waals surface area contributed by atoms with Crippen molar-refractivity contribution in [2.24, 2.45) is 5.11 Å². The number of nitrogens with one attached hydrogen (secondary N) is 1. The summed E-state index contributed by atoms with van der Waals surface area (Å²) in [5.74, 6) is -1.44. The first-order chi connectivity index (χ1) is 21.9. The average Bonchev–Trinajstić information content (AvgIpc) is 3.43. The molecule has 0 aromatic carbocycles. The molecule has 0 radical (unpaired) electrons. The summed E-state index contributed by atoms with van der Waals surface area (Å²) in [5.41, 5.74) is 8.04. The van der Waals surface area contributed by atoms with Crippen LogP contribution in [0.4, 0.5) is 0 Å². The maximum absolute atomic E-state index is 12.7. The van der Waals surface area contributed by atoms with Crippen LogP contribution in [0.5, 0.6) is 0 Å². The van der Waals surface area contributed by atoms with E-state index in [-0.39, 0.29) is 25.1 Å². The Bertz CT molecular complexity index is 1160. The molecule has 0 spiro atoms. The van der Waals surface area contributed by atoms with E-state index in [0.29, 0.717) is 19.6 Å². The number of aromatic amines is 1. The first-order valence-electron chi connectivity index (χ1n) is 16.4. The summed E-state index contributed by atoms with van der Waals surface area (Å²) in [4.78, 5) is 50.5. The summed E-state index contributed by atoms with van der Waals surface area (Å²) < 4.78 is 29.9. The number of carbonyl (C=O) groups is 1. The Hall–Kier alpha value is -2.60. The molecular weight excluding hydrogens is 605 g/mol. The summed E-state index contributed by atoms with van der Waals surface area (Å²) in [5, 5.41) is 3.69. The van der Waals surface area contributed by atoms with Crippen molar-refractivity contribution in [3.8, 4) is 0 Å². The lowest BCUT2D eigenvalue weighted by Crippen LogP contribution is -2.35. The van der Waals surface area contributed by atoms with Crippen LogP contribution < -0.4 is 11.2 Å². The Balaban J connectivity index is 1.63. The monoisotopic (exact) mass is 656 g/mol. The van der Waals surface area contributed by atoms with Gasteiger partial charge in [0.2, 0.25) is 0 Å². The minimum absolute atomic E-state index is 0.00494. The number of hydrogen-bond donors (Lipinski definition) is 1. The Labute approximate surface area is 265 Å². The third-order valence-electron chi connectivity index (χ3n) is 7.75. The standard InChI is InChI=1S/C30H50N5O9P/c1-3-4-5-6-7-8-9-10-11-12-13-14-15-16-18-40-19-17-20-41-44-29(45(39)42-23-36)27-25(33-34-31)21-26(43-27)35-22-24(2)28(37)32-30(35)38/h22-23,25-27,29H,3-21H2,1-2H3/p+1/t25-,26+,27-,29?/m0/s1. The fourth-order valence-electron chi connectivity index (χ4n) is 5.23. The number of ether oxygens (including phenoxy) is 2. The van der Waals surface area contributed by atoms with Gasteiger partial charge in [-0.2, -0.15) is 4.89 Å². The lowest BCUT2D eigenvalue weighted by molar-refractivity contribution is -0.322. The number of rotatable bonds is 27. The number of aryl methyl sites for hydroxylation is 1. The third-order valence-corrected chi connectivity index (χ3v) is 8.84. The van der Waals surface area contributed by atoms with Crippen molar-refractivity contribution < 1.29 is 33.1 Å². The van der Waals surface area contributed by atoms with Gasteiger partial charge < -0.3 is 9.47 Å². The molecule has 15 heteroatoms. The van der Waals surface area contributed by atoms with Gasteiger partial charge in [-0.1, -0.05) is 95.5 Å². The highest BCUT2D eigenvalue weighted by Gasteiger charge is 2.53. The zero-order valence-corrected chi connectivity index (χ0v) is 27.7. The van der Waals surface area contributed by atoms with Crippen LogP contribution in [0.25, 0.3) is 10.4 Å². The third kappa shape index (κ3) is 15.0. The molecule has 2 unspecified atom stereocenters. The summed E-state index contributed by atoms with van der Waals surface area (Å²) >= 11 is 0. The van der Waals surface area contributed by atoms with Crippen molar-refractivity contribution in [1.82, 2.24) is 9.55 Å². The molecule has 1 fully saturated rings. The molecule has 1 saturated heterocycles. The molecule has 1 aliphatic rings. The maximum atomic E-state index is 12.7. The number of azide groups is 1. The summed E-state index contributed by atoms with van der Waals surface area (Å²) in [7, 11) is -2.80. The van der Waals surface area contributed by atoms with Crippen molar-refractivity contribution in [2.45, 2.75) is 141 Å². The molecule has 1 aromatic heterocycles. The molecule has 2 heterocycles. The number of H-pyrrole nitrogens is 1. The molecular formula is C30H51N5O9P+. The second-order valence-electron chi connectivity index (χ2n) is 11.4. The Kier molecular flexibility index (Phi) is 20.3. The van der Waals surface area contributed by atoms with E-state index in [0.717, 1.165) is 17.4 Å². The molecule has 254 valence electrons. The number of unbranched alkanes of at least 4 members (excludes halogenated alkanes) is 13. The van der Waals surface area contributed by atoms with Gasteiger partial charge in [0.05, 0.1) is 12.6 Å². The first-order valence-corrected chi connectivity index (χ1v) is 17.6. The molecule has 1 aromatic rings. The van der Waals surface area contributed by atoms with Gasteiger partial charge in [-0.05, 0) is 29.9 Å². The van der Waals surface area contributed by atoms with E-state index >= 15 is 0 Å². The van der Waals surface area contributed by atoms with Gasteiger partial charge in [-0.25, -0.2) is 14.2 Å². The SMILES string of the molecule is CCCCCCCCCCCCCCCCOCCCOOC([C@H]1O[C@@H](n2cc(C)c(=O)[nH]c2=O)C[C@@H]1N=[N+]=[N-])[P+](=O)OC=O. The highest BCUT2D eigenvalue weighted by atomic mass is 31.1. The van der Waals surface area contributed by atoms with Gasteiger partial charge in [0.15, 0.2) is 0 Å². The van der Waals surface area contributed by atoms with Crippen LogP contribution in [0.1, 0.15) is 121 Å². The molecule has 0 amide bonds. The van der Waals surface area contributed by atoms with Crippen molar-refractivity contribution in [3.63, 3.8) is 0 Å². The fourth-order valence-corrected chi connectivity index (χ4v) is 6.08. The quantitative estimate of drug-likeness (QED) is 0.0154. The molecule has 45 heavy (non-hydrogen) atoms. The van der Waals surface area contributed by atoms with Crippen molar-refractivity contribution in [3.05, 3.63) is 43.0 Å². The zero-order valence-electron chi connectivity index (χ0n) is 26.8. The van der Waals surface area contributed by atoms with E-state index in [1.54, 1.807) is 0 Å². The second kappa shape index (κ2) is 23.7. The molecule has 2 rings (SSSR count). The lowest BCUT2D eigenvalue weighted by atomic mass is 10.0. The van der Waals surface area contributed by atoms with E-state index in [9.17, 15) is 18.9 Å². The fraction of sp³-hybridized carbons (Fsp3) is 0.833. The molecule has 1 N–H and O–H groups in total. The van der Waals surface area contributed by atoms with Crippen LogP contribution in [0, 0.1) is 6.92 Å². The smallest absolute Gasteiger partial charge is 0.381 e. The molecule has 5 atom stereocenters. The maximum Gasteiger partial charge on any atom is 0.596 e. The molecule has 0 bridgehead atoms. The van der Waals surface area contributed by atoms with Gasteiger partial charge >= 0.3 is 26.0 Å². The highest BCUT2D eigenvalue weighted by molar-refractivity contribution is 7.40. The molecule has 0 saturated carbocycles. The Morgan fingerprint density at radius 3 is 2.22 bits per heavy atom. The predicted molar refractivity (Wildman–Crippen MR) is 169 cm³/mol. The van der Waals surface area contributed by atoms with Crippen LogP contribution in [0.2, 0.25) is 0 Å². The van der Waals surface area contributed by atoms with E-state index < -0.39 is 43.5 Å². The first kappa shape index (κ1) is 38.6. The Morgan fingerprint density at radius 2 is 1.62 bits per heavy atom. The molecule has 0 aliphatic carbocycles. The molecule has 14 nitrogen and oxygen atoms in total. The van der Waals surface area contributed by atoms with Crippen LogP contribution in [-0.2, 0) is 33.1 Å². The average molecular weight is 657 g/mol. The molecule has 1 aliphatic heterocycles. The van der Waals surface area contributed by atoms with Crippen LogP contribution in [0.3, 0.4) is 0 Å². The number of carbonyl (C=O) groups excluding carboxylic acids is 1. The van der Waals surface area contributed by atoms with Gasteiger partial charge in [0.25, 0.3) is 5.56 Å². The summed E-state index contributed by atoms with van der Waals surface area (Å²) in [6.07, 6.45) is 17.9. The number of hydrogen-bond acceptors (Lipinski definition) is 10. The van der Waals surface area contributed by atoms with Gasteiger partial charge in [0, 0.05) is 36.3 Å². The topological polar surface area (TPSA) is 184 Å². The van der Waals surface area contributed by atoms with E-state index in [1.165, 1.54) is 90.2 Å². The normalized spacial score (nSPS) is 18.8. The van der Waals surface area contributed by atoms with Gasteiger partial charge in [-0.3, -0.25) is 19.1 Å². The zero-order chi connectivity index (χ0) is 32.7. The highest BCUT2D eigenvalue weighted by Crippen LogP contribution is 2.42. The summed E-state index contributed by atoms with van der Waals surface area (Å²) in [6.45, 7) is 4.98. The van der Waals surface area contributed by atoms with E-state index in [4.69, 9.17) is 24.8 Å². The van der Waals surface area contributed by atoms with Crippen LogP contribution in [0.15, 0.2) is 20.9 Å². The van der Waals surface area contributed by atoms with Crippen LogP contribution >= 0.6 is 8.03 Å². The number of nitrogens with zero attached hydrogens (tertiary/aromatic N) is 4. The largest absolute Gasteiger partial charge is 0.596 e. The van der Waals surface area contributed by atoms with Crippen molar-refractivity contribution in [1.29, 1.82) is 0 Å². The van der Waals surface area contributed by atoms with Crippen molar-refractivity contribution in [2.75, 3.05) is 19.8 Å². The van der Waals surface area contributed by atoms with Gasteiger partial charge in [0.1, 0.15) is 12.3 Å². The van der Waals surface area contributed by atoms with E-state index in [1.807, 2.05) is 0 Å². The minimum atomic E-state index is -2.80. The Morgan fingerprint density at radius 1 is 1.02 bits per heavy atom. The number of aromatic nitrogens is 2. The van der Waals surface area contributed by atoms with E-state index in [2.05, 4.69) is 26.5 Å². The minimum Gasteiger partial charge on any atom is -0.381 e. The van der Waals surface area contributed by atoms with Crippen LogP contribution in [-0.4, -0.2) is 53.8 Å². The van der Waals surface area contributed by atoms with Gasteiger partial charge in [-0.15, -0.1) is 0 Å².